The van der Waals surface area contributed by atoms with Gasteiger partial charge in [-0.15, -0.1) is 0 Å². The maximum atomic E-state index is 5.21. The maximum Gasteiger partial charge on any atom is 0.190 e. The van der Waals surface area contributed by atoms with E-state index in [0.29, 0.717) is 0 Å². The summed E-state index contributed by atoms with van der Waals surface area (Å²) in [4.78, 5) is 4.19. The zero-order valence-corrected chi connectivity index (χ0v) is 12.2. The van der Waals surface area contributed by atoms with Crippen molar-refractivity contribution in [3.63, 3.8) is 0 Å². The fourth-order valence-electron chi connectivity index (χ4n) is 1.76. The Morgan fingerprint density at radius 1 is 1.26 bits per heavy atom. The van der Waals surface area contributed by atoms with Crippen molar-refractivity contribution in [3.05, 3.63) is 29.8 Å². The quantitative estimate of drug-likeness (QED) is 0.450. The summed E-state index contributed by atoms with van der Waals surface area (Å²) < 4.78 is 5.21. The average molecular weight is 263 g/mol. The molecule has 0 spiro atoms. The predicted octanol–water partition coefficient (Wildman–Crippen LogP) is 2.20. The highest BCUT2D eigenvalue weighted by Gasteiger charge is 1.98. The molecule has 0 aromatic heterocycles. The van der Waals surface area contributed by atoms with Gasteiger partial charge in [0.1, 0.15) is 5.75 Å². The Bertz CT molecular complexity index is 391. The smallest absolute Gasteiger partial charge is 0.190 e. The Balaban J connectivity index is 2.31. The topological polar surface area (TPSA) is 45.7 Å². The summed E-state index contributed by atoms with van der Waals surface area (Å²) in [5.41, 5.74) is 1.26. The molecule has 0 saturated heterocycles. The molecule has 1 aromatic carbocycles. The number of nitrogens with zero attached hydrogens (tertiary/aromatic N) is 1. The van der Waals surface area contributed by atoms with Crippen LogP contribution in [0.15, 0.2) is 29.3 Å². The minimum Gasteiger partial charge on any atom is -0.497 e. The molecular formula is C15H25N3O. The first-order chi connectivity index (χ1) is 9.30. The van der Waals surface area contributed by atoms with Crippen LogP contribution in [0.4, 0.5) is 0 Å². The van der Waals surface area contributed by atoms with Crippen LogP contribution < -0.4 is 15.4 Å². The summed E-state index contributed by atoms with van der Waals surface area (Å²) in [6, 6.07) is 8.15. The molecule has 1 rings (SSSR count). The van der Waals surface area contributed by atoms with Crippen LogP contribution in [0.2, 0.25) is 0 Å². The molecule has 0 radical (unpaired) electrons. The first-order valence-electron chi connectivity index (χ1n) is 6.87. The van der Waals surface area contributed by atoms with Crippen molar-refractivity contribution in [3.8, 4) is 5.75 Å². The molecule has 0 atom stereocenters. The zero-order valence-electron chi connectivity index (χ0n) is 12.2. The van der Waals surface area contributed by atoms with Crippen LogP contribution in [0.1, 0.15) is 25.3 Å². The molecule has 0 unspecified atom stereocenters. The van der Waals surface area contributed by atoms with Crippen molar-refractivity contribution in [2.24, 2.45) is 4.99 Å². The normalized spacial score (nSPS) is 11.2. The first kappa shape index (κ1) is 15.3. The van der Waals surface area contributed by atoms with Gasteiger partial charge in [-0.1, -0.05) is 25.5 Å². The van der Waals surface area contributed by atoms with E-state index in [1.807, 2.05) is 12.1 Å². The lowest BCUT2D eigenvalue weighted by Gasteiger charge is -2.11. The van der Waals surface area contributed by atoms with Crippen LogP contribution in [0.3, 0.4) is 0 Å². The van der Waals surface area contributed by atoms with Crippen LogP contribution >= 0.6 is 0 Å². The average Bonchev–Trinajstić information content (AvgIpc) is 2.46. The van der Waals surface area contributed by atoms with Gasteiger partial charge in [0.05, 0.1) is 7.11 Å². The van der Waals surface area contributed by atoms with Crippen LogP contribution in [0, 0.1) is 0 Å². The van der Waals surface area contributed by atoms with E-state index < -0.39 is 0 Å². The molecule has 0 aliphatic rings. The summed E-state index contributed by atoms with van der Waals surface area (Å²) in [6.07, 6.45) is 3.30. The van der Waals surface area contributed by atoms with Crippen molar-refractivity contribution in [2.75, 3.05) is 27.2 Å². The second-order valence-electron chi connectivity index (χ2n) is 4.38. The van der Waals surface area contributed by atoms with Gasteiger partial charge < -0.3 is 15.4 Å². The van der Waals surface area contributed by atoms with E-state index in [1.54, 1.807) is 14.2 Å². The highest BCUT2D eigenvalue weighted by Crippen LogP contribution is 2.12. The summed E-state index contributed by atoms with van der Waals surface area (Å²) in [5, 5.41) is 6.61. The van der Waals surface area contributed by atoms with Crippen molar-refractivity contribution < 1.29 is 4.74 Å². The van der Waals surface area contributed by atoms with Crippen LogP contribution in [-0.4, -0.2) is 33.2 Å². The minimum absolute atomic E-state index is 0.860. The second kappa shape index (κ2) is 9.25. The standard InChI is InChI=1S/C15H25N3O/c1-4-5-10-17-15(16-2)18-11-9-13-7-6-8-14(12-13)19-3/h6-8,12H,4-5,9-11H2,1-3H3,(H2,16,17,18). The van der Waals surface area contributed by atoms with Gasteiger partial charge in [0.15, 0.2) is 5.96 Å². The molecule has 106 valence electrons. The van der Waals surface area contributed by atoms with Crippen LogP contribution in [-0.2, 0) is 6.42 Å². The van der Waals surface area contributed by atoms with Gasteiger partial charge in [-0.3, -0.25) is 4.99 Å². The van der Waals surface area contributed by atoms with Crippen molar-refractivity contribution >= 4 is 5.96 Å². The van der Waals surface area contributed by atoms with E-state index in [-0.39, 0.29) is 0 Å². The fraction of sp³-hybridized carbons (Fsp3) is 0.533. The van der Waals surface area contributed by atoms with Crippen LogP contribution in [0.5, 0.6) is 5.75 Å². The van der Waals surface area contributed by atoms with E-state index in [1.165, 1.54) is 12.0 Å². The molecule has 1 aromatic rings. The minimum atomic E-state index is 0.860. The number of guanidine groups is 1. The number of unbranched alkanes of at least 4 members (excludes halogenated alkanes) is 1. The van der Waals surface area contributed by atoms with Gasteiger partial charge in [0, 0.05) is 20.1 Å². The van der Waals surface area contributed by atoms with E-state index in [2.05, 4.69) is 34.7 Å². The number of hydrogen-bond donors (Lipinski definition) is 2. The summed E-state index contributed by atoms with van der Waals surface area (Å²) in [6.45, 7) is 4.01. The van der Waals surface area contributed by atoms with E-state index in [0.717, 1.165) is 37.6 Å². The summed E-state index contributed by atoms with van der Waals surface area (Å²) in [7, 11) is 3.49. The van der Waals surface area contributed by atoms with Gasteiger partial charge in [-0.2, -0.15) is 0 Å². The lowest BCUT2D eigenvalue weighted by molar-refractivity contribution is 0.414. The lowest BCUT2D eigenvalue weighted by Crippen LogP contribution is -2.38. The number of aliphatic imine (C=N–C) groups is 1. The summed E-state index contributed by atoms with van der Waals surface area (Å²) in [5.74, 6) is 1.78. The predicted molar refractivity (Wildman–Crippen MR) is 81.0 cm³/mol. The van der Waals surface area contributed by atoms with Gasteiger partial charge in [-0.25, -0.2) is 0 Å². The molecule has 0 amide bonds. The number of methoxy groups -OCH3 is 1. The molecule has 19 heavy (non-hydrogen) atoms. The van der Waals surface area contributed by atoms with E-state index >= 15 is 0 Å². The number of hydrogen-bond acceptors (Lipinski definition) is 2. The molecule has 0 heterocycles. The molecule has 2 N–H and O–H groups in total. The Hall–Kier alpha value is -1.71. The molecule has 0 bridgehead atoms. The van der Waals surface area contributed by atoms with Gasteiger partial charge in [0.25, 0.3) is 0 Å². The molecular weight excluding hydrogens is 238 g/mol. The monoisotopic (exact) mass is 263 g/mol. The molecule has 0 aliphatic carbocycles. The zero-order chi connectivity index (χ0) is 13.9. The van der Waals surface area contributed by atoms with E-state index in [4.69, 9.17) is 4.74 Å². The Morgan fingerprint density at radius 3 is 2.74 bits per heavy atom. The molecule has 0 saturated carbocycles. The van der Waals surface area contributed by atoms with Gasteiger partial charge in [-0.05, 0) is 30.5 Å². The molecule has 4 heteroatoms. The summed E-state index contributed by atoms with van der Waals surface area (Å²) >= 11 is 0. The van der Waals surface area contributed by atoms with Crippen molar-refractivity contribution in [2.45, 2.75) is 26.2 Å². The Kier molecular flexibility index (Phi) is 7.47. The van der Waals surface area contributed by atoms with Gasteiger partial charge in [0.2, 0.25) is 0 Å². The largest absolute Gasteiger partial charge is 0.497 e. The SMILES string of the molecule is CCCCNC(=NC)NCCc1cccc(OC)c1. The first-order valence-corrected chi connectivity index (χ1v) is 6.87. The van der Waals surface area contributed by atoms with Crippen LogP contribution in [0.25, 0.3) is 0 Å². The van der Waals surface area contributed by atoms with Crippen molar-refractivity contribution in [1.29, 1.82) is 0 Å². The number of rotatable bonds is 7. The molecule has 4 nitrogen and oxygen atoms in total. The highest BCUT2D eigenvalue weighted by atomic mass is 16.5. The molecule has 0 aliphatic heterocycles. The Morgan fingerprint density at radius 2 is 2.05 bits per heavy atom. The number of nitrogens with one attached hydrogen (secondary N) is 2. The highest BCUT2D eigenvalue weighted by molar-refractivity contribution is 5.79. The number of benzene rings is 1. The molecule has 0 fully saturated rings. The maximum absolute atomic E-state index is 5.21. The number of ether oxygens (including phenoxy) is 1. The third-order valence-corrected chi connectivity index (χ3v) is 2.89. The lowest BCUT2D eigenvalue weighted by atomic mass is 10.1. The van der Waals surface area contributed by atoms with Crippen molar-refractivity contribution in [1.82, 2.24) is 10.6 Å². The second-order valence-corrected chi connectivity index (χ2v) is 4.38. The third-order valence-electron chi connectivity index (χ3n) is 2.89. The fourth-order valence-corrected chi connectivity index (χ4v) is 1.76. The third kappa shape index (κ3) is 6.13. The Labute approximate surface area is 116 Å². The van der Waals surface area contributed by atoms with Gasteiger partial charge >= 0.3 is 0 Å². The van der Waals surface area contributed by atoms with E-state index in [9.17, 15) is 0 Å².